The zero-order chi connectivity index (χ0) is 11.5. The van der Waals surface area contributed by atoms with Crippen LogP contribution in [0, 0.1) is 5.82 Å². The van der Waals surface area contributed by atoms with Crippen LogP contribution < -0.4 is 5.32 Å². The predicted octanol–water partition coefficient (Wildman–Crippen LogP) is 2.99. The molecule has 0 aromatic heterocycles. The van der Waals surface area contributed by atoms with Gasteiger partial charge >= 0.3 is 0 Å². The number of benzene rings is 1. The molecule has 88 valence electrons. The van der Waals surface area contributed by atoms with E-state index >= 15 is 0 Å². The number of hydrogen-bond acceptors (Lipinski definition) is 2. The molecular weight excluding hydrogens is 227 g/mol. The first-order valence-corrected chi connectivity index (χ1v) is 5.93. The van der Waals surface area contributed by atoms with E-state index in [4.69, 9.17) is 11.6 Å². The van der Waals surface area contributed by atoms with Crippen LogP contribution in [0.3, 0.4) is 0 Å². The maximum Gasteiger partial charge on any atom is 0.146 e. The quantitative estimate of drug-likeness (QED) is 0.858. The Bertz CT molecular complexity index is 362. The summed E-state index contributed by atoms with van der Waals surface area (Å²) in [6.45, 7) is 2.11. The molecule has 0 saturated carbocycles. The number of nitrogens with one attached hydrogen (secondary N) is 1. The molecule has 0 bridgehead atoms. The number of likely N-dealkylation sites (tertiary alicyclic amines) is 1. The van der Waals surface area contributed by atoms with Gasteiger partial charge in [-0.3, -0.25) is 0 Å². The van der Waals surface area contributed by atoms with Crippen LogP contribution in [0.1, 0.15) is 12.8 Å². The van der Waals surface area contributed by atoms with Gasteiger partial charge < -0.3 is 10.2 Å². The Morgan fingerprint density at radius 3 is 2.75 bits per heavy atom. The van der Waals surface area contributed by atoms with Crippen molar-refractivity contribution in [3.8, 4) is 0 Å². The highest BCUT2D eigenvalue weighted by Crippen LogP contribution is 2.22. The molecule has 0 amide bonds. The molecule has 16 heavy (non-hydrogen) atoms. The van der Waals surface area contributed by atoms with Gasteiger partial charge in [0.05, 0.1) is 5.69 Å². The summed E-state index contributed by atoms with van der Waals surface area (Å²) in [6.07, 6.45) is 2.09. The summed E-state index contributed by atoms with van der Waals surface area (Å²) in [5, 5.41) is 3.79. The lowest BCUT2D eigenvalue weighted by Gasteiger charge is -2.30. The molecule has 0 aliphatic carbocycles. The van der Waals surface area contributed by atoms with Crippen LogP contribution in [-0.2, 0) is 0 Å². The summed E-state index contributed by atoms with van der Waals surface area (Å²) in [5.41, 5.74) is 0.516. The molecule has 0 unspecified atom stereocenters. The lowest BCUT2D eigenvalue weighted by molar-refractivity contribution is 0.263. The third-order valence-electron chi connectivity index (χ3n) is 3.01. The van der Waals surface area contributed by atoms with Gasteiger partial charge in [-0.15, -0.1) is 0 Å². The maximum absolute atomic E-state index is 13.5. The molecule has 2 nitrogen and oxygen atoms in total. The highest BCUT2D eigenvalue weighted by molar-refractivity contribution is 6.30. The summed E-state index contributed by atoms with van der Waals surface area (Å²) >= 11 is 5.84. The fourth-order valence-electron chi connectivity index (χ4n) is 1.98. The summed E-state index contributed by atoms with van der Waals surface area (Å²) in [4.78, 5) is 2.28. The van der Waals surface area contributed by atoms with E-state index in [9.17, 15) is 4.39 Å². The van der Waals surface area contributed by atoms with E-state index < -0.39 is 0 Å². The van der Waals surface area contributed by atoms with Gasteiger partial charge in [-0.05, 0) is 51.2 Å². The monoisotopic (exact) mass is 242 g/mol. The number of halogens is 2. The van der Waals surface area contributed by atoms with Crippen molar-refractivity contribution in [2.75, 3.05) is 25.5 Å². The van der Waals surface area contributed by atoms with Crippen LogP contribution in [-0.4, -0.2) is 31.1 Å². The summed E-state index contributed by atoms with van der Waals surface area (Å²) in [6, 6.07) is 4.97. The molecule has 1 aliphatic heterocycles. The van der Waals surface area contributed by atoms with Crippen molar-refractivity contribution in [2.24, 2.45) is 0 Å². The van der Waals surface area contributed by atoms with Gasteiger partial charge in [-0.1, -0.05) is 11.6 Å². The molecule has 2 rings (SSSR count). The molecule has 1 fully saturated rings. The first-order chi connectivity index (χ1) is 7.65. The summed E-state index contributed by atoms with van der Waals surface area (Å²) in [5.74, 6) is -0.233. The lowest BCUT2D eigenvalue weighted by Crippen LogP contribution is -2.36. The summed E-state index contributed by atoms with van der Waals surface area (Å²) in [7, 11) is 2.11. The third kappa shape index (κ3) is 2.86. The Hall–Kier alpha value is -0.800. The van der Waals surface area contributed by atoms with Gasteiger partial charge in [0, 0.05) is 11.1 Å². The molecule has 0 spiro atoms. The van der Waals surface area contributed by atoms with Crippen molar-refractivity contribution >= 4 is 17.3 Å². The number of piperidine rings is 1. The fraction of sp³-hybridized carbons (Fsp3) is 0.500. The van der Waals surface area contributed by atoms with Gasteiger partial charge in [0.2, 0.25) is 0 Å². The van der Waals surface area contributed by atoms with Gasteiger partial charge in [0.15, 0.2) is 0 Å². The number of anilines is 1. The van der Waals surface area contributed by atoms with Gasteiger partial charge in [-0.2, -0.15) is 0 Å². The molecule has 1 heterocycles. The second kappa shape index (κ2) is 5.02. The predicted molar refractivity (Wildman–Crippen MR) is 65.6 cm³/mol. The van der Waals surface area contributed by atoms with Gasteiger partial charge in [0.1, 0.15) is 5.82 Å². The summed E-state index contributed by atoms with van der Waals surface area (Å²) < 4.78 is 13.5. The second-order valence-electron chi connectivity index (χ2n) is 4.35. The van der Waals surface area contributed by atoms with Crippen molar-refractivity contribution in [2.45, 2.75) is 18.9 Å². The normalized spacial score (nSPS) is 18.7. The minimum absolute atomic E-state index is 0.233. The van der Waals surface area contributed by atoms with Crippen molar-refractivity contribution in [3.05, 3.63) is 29.0 Å². The van der Waals surface area contributed by atoms with Crippen LogP contribution in [0.15, 0.2) is 18.2 Å². The Balaban J connectivity index is 2.00. The molecule has 0 atom stereocenters. The molecule has 1 N–H and O–H groups in total. The first-order valence-electron chi connectivity index (χ1n) is 5.55. The van der Waals surface area contributed by atoms with Crippen LogP contribution in [0.5, 0.6) is 0 Å². The molecular formula is C12H16ClFN2. The molecule has 1 saturated heterocycles. The van der Waals surface area contributed by atoms with E-state index in [0.717, 1.165) is 25.9 Å². The third-order valence-corrected chi connectivity index (χ3v) is 3.24. The topological polar surface area (TPSA) is 15.3 Å². The van der Waals surface area contributed by atoms with Gasteiger partial charge in [0.25, 0.3) is 0 Å². The van der Waals surface area contributed by atoms with Crippen LogP contribution >= 0.6 is 11.6 Å². The Morgan fingerprint density at radius 2 is 2.06 bits per heavy atom. The average Bonchev–Trinajstić information content (AvgIpc) is 2.27. The molecule has 1 aromatic rings. The SMILES string of the molecule is CN1CCC(Nc2cc(Cl)ccc2F)CC1. The number of nitrogens with zero attached hydrogens (tertiary/aromatic N) is 1. The number of rotatable bonds is 2. The van der Waals surface area contributed by atoms with E-state index in [1.54, 1.807) is 12.1 Å². The highest BCUT2D eigenvalue weighted by Gasteiger charge is 2.17. The van der Waals surface area contributed by atoms with E-state index in [0.29, 0.717) is 16.8 Å². The van der Waals surface area contributed by atoms with Crippen LogP contribution in [0.4, 0.5) is 10.1 Å². The van der Waals surface area contributed by atoms with E-state index in [1.165, 1.54) is 6.07 Å². The zero-order valence-electron chi connectivity index (χ0n) is 9.34. The maximum atomic E-state index is 13.5. The minimum Gasteiger partial charge on any atom is -0.380 e. The molecule has 4 heteroatoms. The Morgan fingerprint density at radius 1 is 1.38 bits per heavy atom. The highest BCUT2D eigenvalue weighted by atomic mass is 35.5. The largest absolute Gasteiger partial charge is 0.380 e. The van der Waals surface area contributed by atoms with Crippen molar-refractivity contribution in [1.29, 1.82) is 0 Å². The lowest BCUT2D eigenvalue weighted by atomic mass is 10.1. The van der Waals surface area contributed by atoms with Crippen molar-refractivity contribution in [1.82, 2.24) is 4.90 Å². The van der Waals surface area contributed by atoms with E-state index in [2.05, 4.69) is 17.3 Å². The minimum atomic E-state index is -0.233. The van der Waals surface area contributed by atoms with Crippen LogP contribution in [0.2, 0.25) is 5.02 Å². The smallest absolute Gasteiger partial charge is 0.146 e. The second-order valence-corrected chi connectivity index (χ2v) is 4.78. The first kappa shape index (κ1) is 11.7. The standard InChI is InChI=1S/C12H16ClFN2/c1-16-6-4-10(5-7-16)15-12-8-9(13)2-3-11(12)14/h2-3,8,10,15H,4-7H2,1H3. The Kier molecular flexibility index (Phi) is 3.66. The van der Waals surface area contributed by atoms with Gasteiger partial charge in [-0.25, -0.2) is 4.39 Å². The molecule has 1 aromatic carbocycles. The molecule has 1 aliphatic rings. The average molecular weight is 243 g/mol. The Labute approximate surface area is 100 Å². The van der Waals surface area contributed by atoms with E-state index in [1.807, 2.05) is 0 Å². The molecule has 0 radical (unpaired) electrons. The van der Waals surface area contributed by atoms with Crippen molar-refractivity contribution < 1.29 is 4.39 Å². The van der Waals surface area contributed by atoms with Crippen molar-refractivity contribution in [3.63, 3.8) is 0 Å². The zero-order valence-corrected chi connectivity index (χ0v) is 10.1. The number of hydrogen-bond donors (Lipinski definition) is 1. The van der Waals surface area contributed by atoms with Crippen LogP contribution in [0.25, 0.3) is 0 Å². The van der Waals surface area contributed by atoms with E-state index in [-0.39, 0.29) is 5.82 Å². The fourth-order valence-corrected chi connectivity index (χ4v) is 2.15.